The summed E-state index contributed by atoms with van der Waals surface area (Å²) in [4.78, 5) is 2.33. The first-order valence-corrected chi connectivity index (χ1v) is 16.6. The van der Waals surface area contributed by atoms with Gasteiger partial charge in [-0.25, -0.2) is 0 Å². The Morgan fingerprint density at radius 2 is 0.755 bits per heavy atom. The molecule has 230 valence electrons. The van der Waals surface area contributed by atoms with Crippen LogP contribution in [0.3, 0.4) is 0 Å². The minimum absolute atomic E-state index is 0.886. The van der Waals surface area contributed by atoms with Crippen molar-refractivity contribution >= 4 is 71.7 Å². The maximum Gasteiger partial charge on any atom is 0.135 e. The van der Waals surface area contributed by atoms with Crippen molar-refractivity contribution in [3.8, 4) is 22.3 Å². The third kappa shape index (κ3) is 4.67. The third-order valence-electron chi connectivity index (χ3n) is 9.64. The van der Waals surface area contributed by atoms with E-state index in [1.165, 1.54) is 33.0 Å². The molecule has 0 radical (unpaired) electrons. The Kier molecular flexibility index (Phi) is 6.18. The fraction of sp³-hybridized carbons (Fsp3) is 0. The molecule has 0 saturated carbocycles. The van der Waals surface area contributed by atoms with E-state index in [1.807, 2.05) is 24.3 Å². The van der Waals surface area contributed by atoms with E-state index in [0.29, 0.717) is 0 Å². The van der Waals surface area contributed by atoms with Crippen LogP contribution in [-0.2, 0) is 0 Å². The van der Waals surface area contributed by atoms with Crippen LogP contribution in [0.1, 0.15) is 0 Å². The van der Waals surface area contributed by atoms with E-state index in [0.717, 1.165) is 60.9 Å². The van der Waals surface area contributed by atoms with Crippen molar-refractivity contribution in [1.82, 2.24) is 0 Å². The van der Waals surface area contributed by atoms with Crippen LogP contribution in [0, 0.1) is 0 Å². The standard InChI is InChI=1S/C46H29NO2/c1-2-8-30(9-3-1)31-16-20-36(21-17-31)47(38-23-25-46-42(29-38)40-11-5-7-13-44(40)49-46)37-22-18-33-26-32(14-15-34(33)27-37)35-19-24-45-41(28-35)39-10-4-6-12-43(39)48-45/h1-29H. The number of anilines is 3. The van der Waals surface area contributed by atoms with Crippen LogP contribution in [0.2, 0.25) is 0 Å². The monoisotopic (exact) mass is 627 g/mol. The highest BCUT2D eigenvalue weighted by Gasteiger charge is 2.17. The summed E-state index contributed by atoms with van der Waals surface area (Å²) in [5, 5.41) is 6.87. The summed E-state index contributed by atoms with van der Waals surface area (Å²) in [7, 11) is 0. The van der Waals surface area contributed by atoms with Gasteiger partial charge in [-0.15, -0.1) is 0 Å². The van der Waals surface area contributed by atoms with E-state index >= 15 is 0 Å². The van der Waals surface area contributed by atoms with Crippen molar-refractivity contribution in [2.24, 2.45) is 0 Å². The Bertz CT molecular complexity index is 2830. The molecule has 3 nitrogen and oxygen atoms in total. The molecule has 0 bridgehead atoms. The number of hydrogen-bond acceptors (Lipinski definition) is 3. The molecule has 0 amide bonds. The maximum atomic E-state index is 6.18. The second kappa shape index (κ2) is 11.0. The maximum absolute atomic E-state index is 6.18. The summed E-state index contributed by atoms with van der Waals surface area (Å²) in [6, 6.07) is 62.3. The Hall–Kier alpha value is -6.58. The van der Waals surface area contributed by atoms with Gasteiger partial charge in [0, 0.05) is 38.6 Å². The molecule has 0 atom stereocenters. The number of benzene rings is 8. The van der Waals surface area contributed by atoms with Crippen molar-refractivity contribution in [2.45, 2.75) is 0 Å². The lowest BCUT2D eigenvalue weighted by Gasteiger charge is -2.26. The van der Waals surface area contributed by atoms with Crippen LogP contribution in [0.15, 0.2) is 185 Å². The van der Waals surface area contributed by atoms with Gasteiger partial charge >= 0.3 is 0 Å². The van der Waals surface area contributed by atoms with Crippen molar-refractivity contribution in [3.05, 3.63) is 176 Å². The predicted octanol–water partition coefficient (Wildman–Crippen LogP) is 13.4. The van der Waals surface area contributed by atoms with Gasteiger partial charge in [0.05, 0.1) is 0 Å². The van der Waals surface area contributed by atoms with Gasteiger partial charge in [0.1, 0.15) is 22.3 Å². The minimum atomic E-state index is 0.886. The quantitative estimate of drug-likeness (QED) is 0.190. The fourth-order valence-corrected chi connectivity index (χ4v) is 7.19. The van der Waals surface area contributed by atoms with Crippen LogP contribution < -0.4 is 4.90 Å². The molecule has 0 spiro atoms. The number of rotatable bonds is 5. The Labute approximate surface area is 282 Å². The topological polar surface area (TPSA) is 29.5 Å². The van der Waals surface area contributed by atoms with E-state index in [4.69, 9.17) is 8.83 Å². The molecule has 10 aromatic rings. The second-order valence-corrected chi connectivity index (χ2v) is 12.6. The molecule has 0 aliphatic carbocycles. The number of fused-ring (bicyclic) bond motifs is 7. The van der Waals surface area contributed by atoms with E-state index in [1.54, 1.807) is 0 Å². The molecule has 2 aromatic heterocycles. The lowest BCUT2D eigenvalue weighted by Crippen LogP contribution is -2.09. The van der Waals surface area contributed by atoms with Crippen LogP contribution >= 0.6 is 0 Å². The zero-order chi connectivity index (χ0) is 32.3. The Morgan fingerprint density at radius 3 is 1.51 bits per heavy atom. The SMILES string of the molecule is c1ccc(-c2ccc(N(c3ccc4cc(-c5ccc6oc7ccccc7c6c5)ccc4c3)c3ccc4oc5ccccc5c4c3)cc2)cc1. The molecule has 0 aliphatic heterocycles. The second-order valence-electron chi connectivity index (χ2n) is 12.6. The first-order chi connectivity index (χ1) is 24.2. The normalized spacial score (nSPS) is 11.7. The van der Waals surface area contributed by atoms with Crippen molar-refractivity contribution < 1.29 is 8.83 Å². The average Bonchev–Trinajstić information content (AvgIpc) is 3.73. The lowest BCUT2D eigenvalue weighted by molar-refractivity contribution is 0.668. The Balaban J connectivity index is 1.08. The summed E-state index contributed by atoms with van der Waals surface area (Å²) >= 11 is 0. The number of furan rings is 2. The predicted molar refractivity (Wildman–Crippen MR) is 204 cm³/mol. The molecule has 0 aliphatic rings. The summed E-state index contributed by atoms with van der Waals surface area (Å²) < 4.78 is 12.3. The largest absolute Gasteiger partial charge is 0.456 e. The first kappa shape index (κ1) is 27.5. The van der Waals surface area contributed by atoms with Gasteiger partial charge in [0.25, 0.3) is 0 Å². The zero-order valence-electron chi connectivity index (χ0n) is 26.5. The molecule has 0 fully saturated rings. The molecule has 0 unspecified atom stereocenters. The summed E-state index contributed by atoms with van der Waals surface area (Å²) in [5.74, 6) is 0. The molecule has 0 saturated heterocycles. The van der Waals surface area contributed by atoms with Crippen molar-refractivity contribution in [3.63, 3.8) is 0 Å². The summed E-state index contributed by atoms with van der Waals surface area (Å²) in [6.07, 6.45) is 0. The molecule has 10 rings (SSSR count). The molecular weight excluding hydrogens is 599 g/mol. The molecule has 0 N–H and O–H groups in total. The van der Waals surface area contributed by atoms with Crippen LogP contribution in [0.5, 0.6) is 0 Å². The van der Waals surface area contributed by atoms with Gasteiger partial charge in [-0.2, -0.15) is 0 Å². The van der Waals surface area contributed by atoms with E-state index in [-0.39, 0.29) is 0 Å². The van der Waals surface area contributed by atoms with Gasteiger partial charge in [-0.3, -0.25) is 0 Å². The number of para-hydroxylation sites is 2. The van der Waals surface area contributed by atoms with Crippen LogP contribution in [0.25, 0.3) is 76.9 Å². The minimum Gasteiger partial charge on any atom is -0.456 e. The number of nitrogens with zero attached hydrogens (tertiary/aromatic N) is 1. The molecule has 3 heteroatoms. The molecule has 2 heterocycles. The van der Waals surface area contributed by atoms with Gasteiger partial charge < -0.3 is 13.7 Å². The van der Waals surface area contributed by atoms with Crippen molar-refractivity contribution in [1.29, 1.82) is 0 Å². The van der Waals surface area contributed by atoms with E-state index in [2.05, 4.69) is 157 Å². The van der Waals surface area contributed by atoms with Gasteiger partial charge in [-0.1, -0.05) is 103 Å². The van der Waals surface area contributed by atoms with Crippen LogP contribution in [-0.4, -0.2) is 0 Å². The molecule has 49 heavy (non-hydrogen) atoms. The highest BCUT2D eigenvalue weighted by Crippen LogP contribution is 2.41. The van der Waals surface area contributed by atoms with Gasteiger partial charge in [0.15, 0.2) is 0 Å². The molecular formula is C46H29NO2. The first-order valence-electron chi connectivity index (χ1n) is 16.6. The molecule has 8 aromatic carbocycles. The highest BCUT2D eigenvalue weighted by atomic mass is 16.3. The summed E-state index contributed by atoms with van der Waals surface area (Å²) in [6.45, 7) is 0. The van der Waals surface area contributed by atoms with Crippen LogP contribution in [0.4, 0.5) is 17.1 Å². The average molecular weight is 628 g/mol. The van der Waals surface area contributed by atoms with Gasteiger partial charge in [0.2, 0.25) is 0 Å². The zero-order valence-corrected chi connectivity index (χ0v) is 26.5. The highest BCUT2D eigenvalue weighted by molar-refractivity contribution is 6.08. The lowest BCUT2D eigenvalue weighted by atomic mass is 9.99. The smallest absolute Gasteiger partial charge is 0.135 e. The van der Waals surface area contributed by atoms with Crippen molar-refractivity contribution in [2.75, 3.05) is 4.90 Å². The Morgan fingerprint density at radius 1 is 0.286 bits per heavy atom. The summed E-state index contributed by atoms with van der Waals surface area (Å²) in [5.41, 5.74) is 11.6. The van der Waals surface area contributed by atoms with E-state index in [9.17, 15) is 0 Å². The van der Waals surface area contributed by atoms with Gasteiger partial charge in [-0.05, 0) is 106 Å². The number of hydrogen-bond donors (Lipinski definition) is 0. The van der Waals surface area contributed by atoms with E-state index < -0.39 is 0 Å². The third-order valence-corrected chi connectivity index (χ3v) is 9.64. The fourth-order valence-electron chi connectivity index (χ4n) is 7.19.